The SMILES string of the molecule is CN(C)c1ccnc2[nH]c(-c3cc4c(N(C)C)ccnc4[nH]3)cc12. The second-order valence-electron chi connectivity index (χ2n) is 6.34. The smallest absolute Gasteiger partial charge is 0.139 e. The highest BCUT2D eigenvalue weighted by atomic mass is 15.1. The monoisotopic (exact) mass is 320 g/mol. The summed E-state index contributed by atoms with van der Waals surface area (Å²) in [5.41, 5.74) is 6.08. The normalized spacial score (nSPS) is 11.3. The number of H-pyrrole nitrogens is 2. The average Bonchev–Trinajstić information content (AvgIpc) is 3.17. The summed E-state index contributed by atoms with van der Waals surface area (Å²) < 4.78 is 0. The van der Waals surface area contributed by atoms with Gasteiger partial charge in [0.15, 0.2) is 0 Å². The Balaban J connectivity index is 1.90. The molecule has 6 nitrogen and oxygen atoms in total. The van der Waals surface area contributed by atoms with E-state index < -0.39 is 0 Å². The zero-order valence-corrected chi connectivity index (χ0v) is 14.3. The van der Waals surface area contributed by atoms with Crippen LogP contribution in [-0.2, 0) is 0 Å². The van der Waals surface area contributed by atoms with Gasteiger partial charge in [-0.25, -0.2) is 9.97 Å². The highest BCUT2D eigenvalue weighted by Crippen LogP contribution is 2.32. The van der Waals surface area contributed by atoms with E-state index in [1.807, 2.05) is 52.7 Å². The minimum absolute atomic E-state index is 0.885. The molecule has 4 aromatic rings. The van der Waals surface area contributed by atoms with Gasteiger partial charge in [-0.05, 0) is 24.3 Å². The van der Waals surface area contributed by atoms with Crippen molar-refractivity contribution >= 4 is 33.4 Å². The predicted molar refractivity (Wildman–Crippen MR) is 99.8 cm³/mol. The first-order valence-electron chi connectivity index (χ1n) is 7.85. The summed E-state index contributed by atoms with van der Waals surface area (Å²) in [7, 11) is 8.16. The van der Waals surface area contributed by atoms with Crippen LogP contribution in [0.5, 0.6) is 0 Å². The quantitative estimate of drug-likeness (QED) is 0.608. The van der Waals surface area contributed by atoms with Gasteiger partial charge in [-0.1, -0.05) is 0 Å². The van der Waals surface area contributed by atoms with Gasteiger partial charge in [0.2, 0.25) is 0 Å². The largest absolute Gasteiger partial charge is 0.377 e. The molecule has 0 radical (unpaired) electrons. The summed E-state index contributed by atoms with van der Waals surface area (Å²) in [6.07, 6.45) is 3.66. The third kappa shape index (κ3) is 2.19. The van der Waals surface area contributed by atoms with Crippen molar-refractivity contribution in [2.24, 2.45) is 0 Å². The molecular weight excluding hydrogens is 300 g/mol. The van der Waals surface area contributed by atoms with E-state index >= 15 is 0 Å². The van der Waals surface area contributed by atoms with E-state index in [4.69, 9.17) is 0 Å². The molecule has 122 valence electrons. The van der Waals surface area contributed by atoms with Crippen LogP contribution in [0.15, 0.2) is 36.7 Å². The molecule has 0 aliphatic rings. The number of fused-ring (bicyclic) bond motifs is 2. The number of pyridine rings is 2. The second kappa shape index (κ2) is 5.26. The topological polar surface area (TPSA) is 63.8 Å². The lowest BCUT2D eigenvalue weighted by Crippen LogP contribution is -2.08. The number of aromatic nitrogens is 4. The fourth-order valence-electron chi connectivity index (χ4n) is 3.10. The Kier molecular flexibility index (Phi) is 3.19. The van der Waals surface area contributed by atoms with Gasteiger partial charge in [0.1, 0.15) is 11.3 Å². The zero-order valence-electron chi connectivity index (χ0n) is 14.3. The lowest BCUT2D eigenvalue weighted by Gasteiger charge is -2.12. The summed E-state index contributed by atoms with van der Waals surface area (Å²) in [6, 6.07) is 8.32. The summed E-state index contributed by atoms with van der Waals surface area (Å²) in [5.74, 6) is 0. The molecule has 0 fully saturated rings. The van der Waals surface area contributed by atoms with Crippen LogP contribution in [0.2, 0.25) is 0 Å². The van der Waals surface area contributed by atoms with Crippen LogP contribution in [0, 0.1) is 0 Å². The fourth-order valence-corrected chi connectivity index (χ4v) is 3.10. The molecule has 0 amide bonds. The van der Waals surface area contributed by atoms with E-state index in [9.17, 15) is 0 Å². The Bertz CT molecular complexity index is 941. The van der Waals surface area contributed by atoms with Crippen LogP contribution in [-0.4, -0.2) is 48.1 Å². The first-order chi connectivity index (χ1) is 11.5. The molecule has 6 heteroatoms. The molecule has 0 saturated heterocycles. The lowest BCUT2D eigenvalue weighted by atomic mass is 10.2. The van der Waals surface area contributed by atoms with Crippen LogP contribution in [0.1, 0.15) is 0 Å². The van der Waals surface area contributed by atoms with E-state index in [0.29, 0.717) is 0 Å². The lowest BCUT2D eigenvalue weighted by molar-refractivity contribution is 1.14. The molecule has 24 heavy (non-hydrogen) atoms. The van der Waals surface area contributed by atoms with Crippen LogP contribution in [0.25, 0.3) is 33.5 Å². The van der Waals surface area contributed by atoms with Crippen LogP contribution in [0.3, 0.4) is 0 Å². The van der Waals surface area contributed by atoms with E-state index in [2.05, 4.69) is 41.9 Å². The minimum atomic E-state index is 0.885. The number of aromatic amines is 2. The van der Waals surface area contributed by atoms with Crippen molar-refractivity contribution in [3.05, 3.63) is 36.7 Å². The highest BCUT2D eigenvalue weighted by Gasteiger charge is 2.13. The van der Waals surface area contributed by atoms with Gasteiger partial charge in [0.05, 0.1) is 11.4 Å². The number of rotatable bonds is 3. The summed E-state index contributed by atoms with van der Waals surface area (Å²) in [5, 5.41) is 2.22. The third-order valence-corrected chi connectivity index (χ3v) is 4.27. The molecule has 0 aromatic carbocycles. The molecule has 0 spiro atoms. The van der Waals surface area contributed by atoms with Gasteiger partial charge in [0, 0.05) is 62.7 Å². The van der Waals surface area contributed by atoms with Crippen molar-refractivity contribution in [2.75, 3.05) is 38.0 Å². The Morgan fingerprint density at radius 2 is 1.12 bits per heavy atom. The Hall–Kier alpha value is -3.02. The fraction of sp³-hybridized carbons (Fsp3) is 0.222. The van der Waals surface area contributed by atoms with Gasteiger partial charge < -0.3 is 19.8 Å². The minimum Gasteiger partial charge on any atom is -0.377 e. The molecule has 0 atom stereocenters. The number of hydrogen-bond donors (Lipinski definition) is 2. The molecule has 4 heterocycles. The molecule has 0 unspecified atom stereocenters. The molecule has 0 saturated carbocycles. The maximum atomic E-state index is 4.45. The second-order valence-corrected chi connectivity index (χ2v) is 6.34. The predicted octanol–water partition coefficient (Wildman–Crippen LogP) is 3.24. The van der Waals surface area contributed by atoms with Crippen molar-refractivity contribution in [3.63, 3.8) is 0 Å². The van der Waals surface area contributed by atoms with Crippen molar-refractivity contribution in [2.45, 2.75) is 0 Å². The molecule has 0 aliphatic heterocycles. The number of nitrogens with one attached hydrogen (secondary N) is 2. The van der Waals surface area contributed by atoms with Crippen LogP contribution in [0.4, 0.5) is 11.4 Å². The first kappa shape index (κ1) is 14.6. The van der Waals surface area contributed by atoms with E-state index in [-0.39, 0.29) is 0 Å². The van der Waals surface area contributed by atoms with Gasteiger partial charge >= 0.3 is 0 Å². The highest BCUT2D eigenvalue weighted by molar-refractivity contribution is 5.97. The van der Waals surface area contributed by atoms with E-state index in [1.54, 1.807) is 0 Å². The van der Waals surface area contributed by atoms with Crippen molar-refractivity contribution in [1.82, 2.24) is 19.9 Å². The Labute approximate surface area is 140 Å². The summed E-state index contributed by atoms with van der Waals surface area (Å²) in [4.78, 5) is 19.9. The Morgan fingerprint density at radius 1 is 0.708 bits per heavy atom. The van der Waals surface area contributed by atoms with Gasteiger partial charge in [-0.3, -0.25) is 0 Å². The number of hydrogen-bond acceptors (Lipinski definition) is 4. The average molecular weight is 320 g/mol. The third-order valence-electron chi connectivity index (χ3n) is 4.27. The standard InChI is InChI=1S/C18H20N6/c1-23(2)15-5-7-19-17-11(15)9-13(21-17)14-10-12-16(24(3)4)6-8-20-18(12)22-14/h5-10H,1-4H3,(H,19,21)(H,20,22). The van der Waals surface area contributed by atoms with E-state index in [0.717, 1.165) is 44.8 Å². The molecule has 4 aromatic heterocycles. The van der Waals surface area contributed by atoms with E-state index in [1.165, 1.54) is 0 Å². The number of anilines is 2. The van der Waals surface area contributed by atoms with Gasteiger partial charge in [0.25, 0.3) is 0 Å². The van der Waals surface area contributed by atoms with Gasteiger partial charge in [-0.2, -0.15) is 0 Å². The molecule has 0 bridgehead atoms. The van der Waals surface area contributed by atoms with Crippen molar-refractivity contribution < 1.29 is 0 Å². The van der Waals surface area contributed by atoms with Crippen LogP contribution < -0.4 is 9.80 Å². The molecule has 0 aliphatic carbocycles. The first-order valence-corrected chi connectivity index (χ1v) is 7.85. The summed E-state index contributed by atoms with van der Waals surface area (Å²) in [6.45, 7) is 0. The van der Waals surface area contributed by atoms with Crippen molar-refractivity contribution in [1.29, 1.82) is 0 Å². The molecule has 2 N–H and O–H groups in total. The van der Waals surface area contributed by atoms with Gasteiger partial charge in [-0.15, -0.1) is 0 Å². The maximum absolute atomic E-state index is 4.45. The Morgan fingerprint density at radius 3 is 1.50 bits per heavy atom. The summed E-state index contributed by atoms with van der Waals surface area (Å²) >= 11 is 0. The number of nitrogens with zero attached hydrogens (tertiary/aromatic N) is 4. The molecule has 4 rings (SSSR count). The molecular formula is C18H20N6. The van der Waals surface area contributed by atoms with Crippen LogP contribution >= 0.6 is 0 Å². The van der Waals surface area contributed by atoms with Crippen molar-refractivity contribution in [3.8, 4) is 11.4 Å². The maximum Gasteiger partial charge on any atom is 0.139 e. The zero-order chi connectivity index (χ0) is 16.8.